The van der Waals surface area contributed by atoms with Crippen molar-refractivity contribution in [3.8, 4) is 5.75 Å². The second-order valence-corrected chi connectivity index (χ2v) is 5.15. The smallest absolute Gasteiger partial charge is 0.126 e. The highest BCUT2D eigenvalue weighted by Crippen LogP contribution is 2.30. The summed E-state index contributed by atoms with van der Waals surface area (Å²) in [7, 11) is 3.85. The summed E-state index contributed by atoms with van der Waals surface area (Å²) < 4.78 is 5.59. The van der Waals surface area contributed by atoms with Crippen molar-refractivity contribution in [1.82, 2.24) is 4.90 Å². The maximum absolute atomic E-state index is 5.72. The van der Waals surface area contributed by atoms with Crippen LogP contribution in [0.15, 0.2) is 6.07 Å². The molecule has 0 aliphatic rings. The van der Waals surface area contributed by atoms with E-state index in [0.29, 0.717) is 12.6 Å². The molecule has 0 bridgehead atoms. The molecule has 1 aromatic rings. The van der Waals surface area contributed by atoms with Crippen LogP contribution in [0, 0.1) is 20.8 Å². The number of nitrogens with two attached hydrogens (primary N) is 1. The number of likely N-dealkylation sites (N-methyl/N-ethyl adjacent to an activating group) is 1. The minimum atomic E-state index is 0.371. The first kappa shape index (κ1) is 15.0. The topological polar surface area (TPSA) is 38.5 Å². The third-order valence-electron chi connectivity index (χ3n) is 3.82. The van der Waals surface area contributed by atoms with E-state index in [0.717, 1.165) is 12.3 Å². The van der Waals surface area contributed by atoms with Crippen molar-refractivity contribution < 1.29 is 4.74 Å². The van der Waals surface area contributed by atoms with E-state index in [1.807, 2.05) is 0 Å². The lowest BCUT2D eigenvalue weighted by Gasteiger charge is -2.26. The van der Waals surface area contributed by atoms with Crippen LogP contribution in [0.1, 0.15) is 29.2 Å². The summed E-state index contributed by atoms with van der Waals surface area (Å²) in [6.45, 7) is 10.1. The SMILES string of the molecule is COc1c(C)c(C)cc(C)c1CN(C)C(C)CN. The van der Waals surface area contributed by atoms with Crippen LogP contribution in [0.4, 0.5) is 0 Å². The highest BCUT2D eigenvalue weighted by molar-refractivity contribution is 5.49. The van der Waals surface area contributed by atoms with E-state index in [2.05, 4.69) is 45.7 Å². The van der Waals surface area contributed by atoms with E-state index >= 15 is 0 Å². The van der Waals surface area contributed by atoms with Crippen LogP contribution < -0.4 is 10.5 Å². The first-order valence-electron chi connectivity index (χ1n) is 6.46. The van der Waals surface area contributed by atoms with Gasteiger partial charge in [-0.2, -0.15) is 0 Å². The number of hydrogen-bond acceptors (Lipinski definition) is 3. The number of nitrogens with zero attached hydrogens (tertiary/aromatic N) is 1. The first-order chi connectivity index (χ1) is 8.42. The average Bonchev–Trinajstić information content (AvgIpc) is 2.35. The van der Waals surface area contributed by atoms with E-state index in [1.165, 1.54) is 22.3 Å². The van der Waals surface area contributed by atoms with Crippen LogP contribution in [0.5, 0.6) is 5.75 Å². The summed E-state index contributed by atoms with van der Waals surface area (Å²) >= 11 is 0. The molecule has 1 aromatic carbocycles. The Hall–Kier alpha value is -1.06. The minimum Gasteiger partial charge on any atom is -0.496 e. The molecular weight excluding hydrogens is 224 g/mol. The molecule has 18 heavy (non-hydrogen) atoms. The number of benzene rings is 1. The molecule has 0 aliphatic carbocycles. The predicted octanol–water partition coefficient (Wildman–Crippen LogP) is 2.40. The second kappa shape index (κ2) is 6.21. The Morgan fingerprint density at radius 3 is 2.39 bits per heavy atom. The van der Waals surface area contributed by atoms with Gasteiger partial charge < -0.3 is 10.5 Å². The van der Waals surface area contributed by atoms with Gasteiger partial charge in [-0.1, -0.05) is 6.07 Å². The number of methoxy groups -OCH3 is 1. The molecule has 3 heteroatoms. The van der Waals surface area contributed by atoms with Gasteiger partial charge in [-0.15, -0.1) is 0 Å². The molecule has 0 saturated carbocycles. The van der Waals surface area contributed by atoms with Gasteiger partial charge in [0.05, 0.1) is 7.11 Å². The van der Waals surface area contributed by atoms with Gasteiger partial charge in [-0.25, -0.2) is 0 Å². The maximum Gasteiger partial charge on any atom is 0.126 e. The molecule has 3 nitrogen and oxygen atoms in total. The largest absolute Gasteiger partial charge is 0.496 e. The van der Waals surface area contributed by atoms with Crippen molar-refractivity contribution in [3.63, 3.8) is 0 Å². The Morgan fingerprint density at radius 1 is 1.28 bits per heavy atom. The molecular formula is C15H26N2O. The molecule has 2 N–H and O–H groups in total. The highest BCUT2D eigenvalue weighted by Gasteiger charge is 2.16. The lowest BCUT2D eigenvalue weighted by atomic mass is 9.98. The van der Waals surface area contributed by atoms with Crippen LogP contribution in [0.25, 0.3) is 0 Å². The van der Waals surface area contributed by atoms with Crippen molar-refractivity contribution >= 4 is 0 Å². The number of rotatable bonds is 5. The maximum atomic E-state index is 5.72. The van der Waals surface area contributed by atoms with Gasteiger partial charge in [-0.05, 0) is 51.4 Å². The van der Waals surface area contributed by atoms with Gasteiger partial charge in [0, 0.05) is 24.7 Å². The Labute approximate surface area is 111 Å². The molecule has 0 heterocycles. The molecule has 0 radical (unpaired) electrons. The Balaban J connectivity index is 3.12. The molecule has 0 aromatic heterocycles. The van der Waals surface area contributed by atoms with Crippen molar-refractivity contribution in [2.75, 3.05) is 20.7 Å². The summed E-state index contributed by atoms with van der Waals surface area (Å²) in [5.74, 6) is 1.02. The summed E-state index contributed by atoms with van der Waals surface area (Å²) in [5, 5.41) is 0. The first-order valence-corrected chi connectivity index (χ1v) is 6.46. The summed E-state index contributed by atoms with van der Waals surface area (Å²) in [6.07, 6.45) is 0. The van der Waals surface area contributed by atoms with Gasteiger partial charge in [0.15, 0.2) is 0 Å². The standard InChI is InChI=1S/C15H26N2O/c1-10-7-11(2)14(15(18-6)13(10)4)9-17(5)12(3)8-16/h7,12H,8-9,16H2,1-6H3. The van der Waals surface area contributed by atoms with Crippen LogP contribution in [-0.4, -0.2) is 31.6 Å². The third-order valence-corrected chi connectivity index (χ3v) is 3.82. The molecule has 102 valence electrons. The van der Waals surface area contributed by atoms with Crippen molar-refractivity contribution in [2.24, 2.45) is 5.73 Å². The van der Waals surface area contributed by atoms with E-state index in [-0.39, 0.29) is 0 Å². The molecule has 1 atom stereocenters. The second-order valence-electron chi connectivity index (χ2n) is 5.15. The summed E-state index contributed by atoms with van der Waals surface area (Å²) in [4.78, 5) is 2.26. The molecule has 1 unspecified atom stereocenters. The number of aryl methyl sites for hydroxylation is 2. The normalized spacial score (nSPS) is 12.9. The van der Waals surface area contributed by atoms with Gasteiger partial charge in [0.2, 0.25) is 0 Å². The lowest BCUT2D eigenvalue weighted by Crippen LogP contribution is -2.35. The number of hydrogen-bond donors (Lipinski definition) is 1. The molecule has 0 aliphatic heterocycles. The Morgan fingerprint density at radius 2 is 1.89 bits per heavy atom. The van der Waals surface area contributed by atoms with Crippen molar-refractivity contribution in [1.29, 1.82) is 0 Å². The molecule has 1 rings (SSSR count). The zero-order valence-electron chi connectivity index (χ0n) is 12.5. The van der Waals surface area contributed by atoms with Gasteiger partial charge in [0.1, 0.15) is 5.75 Å². The van der Waals surface area contributed by atoms with Gasteiger partial charge >= 0.3 is 0 Å². The van der Waals surface area contributed by atoms with Crippen LogP contribution in [0.2, 0.25) is 0 Å². The summed E-state index contributed by atoms with van der Waals surface area (Å²) in [5.41, 5.74) is 10.8. The lowest BCUT2D eigenvalue weighted by molar-refractivity contribution is 0.250. The quantitative estimate of drug-likeness (QED) is 0.872. The van der Waals surface area contributed by atoms with E-state index in [1.54, 1.807) is 7.11 Å². The number of ether oxygens (including phenoxy) is 1. The monoisotopic (exact) mass is 250 g/mol. The fourth-order valence-corrected chi connectivity index (χ4v) is 2.16. The molecule has 0 fully saturated rings. The minimum absolute atomic E-state index is 0.371. The van der Waals surface area contributed by atoms with Gasteiger partial charge in [0.25, 0.3) is 0 Å². The zero-order chi connectivity index (χ0) is 13.9. The van der Waals surface area contributed by atoms with Crippen molar-refractivity contribution in [3.05, 3.63) is 28.3 Å². The van der Waals surface area contributed by atoms with Gasteiger partial charge in [-0.3, -0.25) is 4.90 Å². The van der Waals surface area contributed by atoms with Crippen molar-refractivity contribution in [2.45, 2.75) is 40.3 Å². The van der Waals surface area contributed by atoms with E-state index in [9.17, 15) is 0 Å². The zero-order valence-corrected chi connectivity index (χ0v) is 12.5. The summed E-state index contributed by atoms with van der Waals surface area (Å²) in [6, 6.07) is 2.60. The Bertz CT molecular complexity index is 415. The fraction of sp³-hybridized carbons (Fsp3) is 0.600. The van der Waals surface area contributed by atoms with E-state index in [4.69, 9.17) is 10.5 Å². The predicted molar refractivity (Wildman–Crippen MR) is 77.2 cm³/mol. The van der Waals surface area contributed by atoms with Crippen LogP contribution >= 0.6 is 0 Å². The highest BCUT2D eigenvalue weighted by atomic mass is 16.5. The molecule has 0 amide bonds. The molecule has 0 saturated heterocycles. The fourth-order valence-electron chi connectivity index (χ4n) is 2.16. The third kappa shape index (κ3) is 3.03. The van der Waals surface area contributed by atoms with Crippen LogP contribution in [0.3, 0.4) is 0 Å². The molecule has 0 spiro atoms. The van der Waals surface area contributed by atoms with Crippen LogP contribution in [-0.2, 0) is 6.54 Å². The van der Waals surface area contributed by atoms with E-state index < -0.39 is 0 Å². The Kier molecular flexibility index (Phi) is 5.17. The average molecular weight is 250 g/mol.